The quantitative estimate of drug-likeness (QED) is 0.841. The number of hydrogen-bond donors (Lipinski definition) is 1. The van der Waals surface area contributed by atoms with Crippen molar-refractivity contribution in [3.8, 4) is 0 Å². The Bertz CT molecular complexity index is 653. The Hall–Kier alpha value is -1.80. The van der Waals surface area contributed by atoms with Crippen molar-refractivity contribution in [2.24, 2.45) is 0 Å². The fourth-order valence-corrected chi connectivity index (χ4v) is 3.41. The summed E-state index contributed by atoms with van der Waals surface area (Å²) in [4.78, 5) is 28.1. The van der Waals surface area contributed by atoms with E-state index in [1.54, 1.807) is 9.80 Å². The lowest BCUT2D eigenvalue weighted by molar-refractivity contribution is -0.137. The summed E-state index contributed by atoms with van der Waals surface area (Å²) >= 11 is 0. The third-order valence-corrected chi connectivity index (χ3v) is 4.96. The standard InChI is InChI=1S/C18H22F3N3O2.ClH/c19-18(20,21)14-5-3-13(4-6-14)17(26)24-10-8-23(9-11-24)16(25)12-15-2-1-7-22-15;/h3-6,15,22H,1-2,7-12H2;1H. The summed E-state index contributed by atoms with van der Waals surface area (Å²) in [5.41, 5.74) is -0.544. The van der Waals surface area contributed by atoms with Gasteiger partial charge in [0, 0.05) is 44.2 Å². The summed E-state index contributed by atoms with van der Waals surface area (Å²) in [5.74, 6) is -0.214. The van der Waals surface area contributed by atoms with Crippen LogP contribution < -0.4 is 5.32 Å². The first kappa shape index (κ1) is 21.5. The molecule has 2 amide bonds. The van der Waals surface area contributed by atoms with Crippen molar-refractivity contribution in [1.82, 2.24) is 15.1 Å². The van der Waals surface area contributed by atoms with Crippen LogP contribution in [0.4, 0.5) is 13.2 Å². The molecular weight excluding hydrogens is 383 g/mol. The number of carbonyl (C=O) groups excluding carboxylic acids is 2. The van der Waals surface area contributed by atoms with Crippen molar-refractivity contribution in [2.45, 2.75) is 31.5 Å². The molecule has 2 aliphatic heterocycles. The van der Waals surface area contributed by atoms with Crippen LogP contribution >= 0.6 is 12.4 Å². The molecule has 0 spiro atoms. The molecule has 2 saturated heterocycles. The van der Waals surface area contributed by atoms with Crippen LogP contribution in [0.1, 0.15) is 35.2 Å². The molecule has 0 bridgehead atoms. The topological polar surface area (TPSA) is 52.7 Å². The molecule has 1 atom stereocenters. The number of halogens is 4. The van der Waals surface area contributed by atoms with Crippen LogP contribution in [0.2, 0.25) is 0 Å². The third kappa shape index (κ3) is 5.35. The average molecular weight is 406 g/mol. The molecule has 1 aromatic carbocycles. The van der Waals surface area contributed by atoms with Crippen molar-refractivity contribution in [3.05, 3.63) is 35.4 Å². The first-order valence-corrected chi connectivity index (χ1v) is 8.82. The van der Waals surface area contributed by atoms with E-state index in [1.807, 2.05) is 0 Å². The third-order valence-electron chi connectivity index (χ3n) is 4.96. The van der Waals surface area contributed by atoms with Gasteiger partial charge in [0.25, 0.3) is 5.91 Å². The van der Waals surface area contributed by atoms with Gasteiger partial charge in [-0.25, -0.2) is 0 Å². The fraction of sp³-hybridized carbons (Fsp3) is 0.556. The molecule has 0 aliphatic carbocycles. The van der Waals surface area contributed by atoms with E-state index < -0.39 is 11.7 Å². The lowest BCUT2D eigenvalue weighted by atomic mass is 10.1. The Labute approximate surface area is 162 Å². The number of nitrogens with zero attached hydrogens (tertiary/aromatic N) is 2. The molecule has 1 unspecified atom stereocenters. The monoisotopic (exact) mass is 405 g/mol. The van der Waals surface area contributed by atoms with Gasteiger partial charge < -0.3 is 15.1 Å². The summed E-state index contributed by atoms with van der Waals surface area (Å²) < 4.78 is 37.8. The predicted octanol–water partition coefficient (Wildman–Crippen LogP) is 2.55. The SMILES string of the molecule is Cl.O=C(CC1CCCN1)N1CCN(C(=O)c2ccc(C(F)(F)F)cc2)CC1. The van der Waals surface area contributed by atoms with Gasteiger partial charge in [0.1, 0.15) is 0 Å². The van der Waals surface area contributed by atoms with Crippen LogP contribution in [0.3, 0.4) is 0 Å². The molecular formula is C18H23ClF3N3O2. The summed E-state index contributed by atoms with van der Waals surface area (Å²) in [6.07, 6.45) is -1.83. The number of nitrogens with one attached hydrogen (secondary N) is 1. The van der Waals surface area contributed by atoms with E-state index >= 15 is 0 Å². The summed E-state index contributed by atoms with van der Waals surface area (Å²) in [7, 11) is 0. The molecule has 1 aromatic rings. The molecule has 9 heteroatoms. The molecule has 2 aliphatic rings. The second-order valence-electron chi connectivity index (χ2n) is 6.75. The van der Waals surface area contributed by atoms with Crippen molar-refractivity contribution in [2.75, 3.05) is 32.7 Å². The number of hydrogen-bond acceptors (Lipinski definition) is 3. The zero-order chi connectivity index (χ0) is 18.7. The highest BCUT2D eigenvalue weighted by Crippen LogP contribution is 2.29. The van der Waals surface area contributed by atoms with Crippen molar-refractivity contribution in [1.29, 1.82) is 0 Å². The van der Waals surface area contributed by atoms with Crippen LogP contribution in [0.15, 0.2) is 24.3 Å². The lowest BCUT2D eigenvalue weighted by Gasteiger charge is -2.35. The van der Waals surface area contributed by atoms with Crippen molar-refractivity contribution >= 4 is 24.2 Å². The number of rotatable bonds is 3. The van der Waals surface area contributed by atoms with Crippen molar-refractivity contribution < 1.29 is 22.8 Å². The minimum atomic E-state index is -4.41. The van der Waals surface area contributed by atoms with Gasteiger partial charge in [0.05, 0.1) is 5.56 Å². The largest absolute Gasteiger partial charge is 0.416 e. The molecule has 1 N–H and O–H groups in total. The maximum Gasteiger partial charge on any atom is 0.416 e. The van der Waals surface area contributed by atoms with Crippen LogP contribution in [-0.2, 0) is 11.0 Å². The normalized spacial score (nSPS) is 20.3. The number of carbonyl (C=O) groups is 2. The van der Waals surface area contributed by atoms with E-state index in [0.29, 0.717) is 32.6 Å². The van der Waals surface area contributed by atoms with Gasteiger partial charge in [-0.15, -0.1) is 12.4 Å². The molecule has 0 saturated carbocycles. The summed E-state index contributed by atoms with van der Waals surface area (Å²) in [5, 5.41) is 3.30. The van der Waals surface area contributed by atoms with E-state index in [9.17, 15) is 22.8 Å². The predicted molar refractivity (Wildman–Crippen MR) is 96.8 cm³/mol. The smallest absolute Gasteiger partial charge is 0.339 e. The Kier molecular flexibility index (Phi) is 7.11. The maximum absolute atomic E-state index is 12.6. The van der Waals surface area contributed by atoms with Gasteiger partial charge in [0.15, 0.2) is 0 Å². The first-order valence-electron chi connectivity index (χ1n) is 8.82. The summed E-state index contributed by atoms with van der Waals surface area (Å²) in [6, 6.07) is 4.49. The molecule has 2 fully saturated rings. The molecule has 3 rings (SSSR count). The van der Waals surface area contributed by atoms with Crippen LogP contribution in [0, 0.1) is 0 Å². The van der Waals surface area contributed by atoms with Crippen LogP contribution in [-0.4, -0.2) is 60.4 Å². The van der Waals surface area contributed by atoms with E-state index in [-0.39, 0.29) is 35.8 Å². The number of piperazine rings is 1. The van der Waals surface area contributed by atoms with Gasteiger partial charge in [-0.2, -0.15) is 13.2 Å². The molecule has 0 radical (unpaired) electrons. The number of amides is 2. The molecule has 5 nitrogen and oxygen atoms in total. The summed E-state index contributed by atoms with van der Waals surface area (Å²) in [6.45, 7) is 2.65. The second kappa shape index (κ2) is 8.93. The van der Waals surface area contributed by atoms with Crippen LogP contribution in [0.5, 0.6) is 0 Å². The van der Waals surface area contributed by atoms with E-state index in [4.69, 9.17) is 0 Å². The maximum atomic E-state index is 12.6. The van der Waals surface area contributed by atoms with E-state index in [2.05, 4.69) is 5.32 Å². The Morgan fingerprint density at radius 1 is 1.04 bits per heavy atom. The van der Waals surface area contributed by atoms with Gasteiger partial charge in [-0.1, -0.05) is 0 Å². The van der Waals surface area contributed by atoms with Crippen molar-refractivity contribution in [3.63, 3.8) is 0 Å². The zero-order valence-electron chi connectivity index (χ0n) is 14.8. The van der Waals surface area contributed by atoms with Gasteiger partial charge in [-0.05, 0) is 43.7 Å². The first-order chi connectivity index (χ1) is 12.3. The van der Waals surface area contributed by atoms with E-state index in [0.717, 1.165) is 31.5 Å². The minimum absolute atomic E-state index is 0. The van der Waals surface area contributed by atoms with Gasteiger partial charge in [0.2, 0.25) is 5.91 Å². The second-order valence-corrected chi connectivity index (χ2v) is 6.75. The fourth-order valence-electron chi connectivity index (χ4n) is 3.41. The molecule has 2 heterocycles. The van der Waals surface area contributed by atoms with Gasteiger partial charge in [-0.3, -0.25) is 9.59 Å². The molecule has 0 aromatic heterocycles. The minimum Gasteiger partial charge on any atom is -0.339 e. The Balaban J connectivity index is 0.00000261. The lowest BCUT2D eigenvalue weighted by Crippen LogP contribution is -2.51. The average Bonchev–Trinajstić information content (AvgIpc) is 3.13. The number of alkyl halides is 3. The zero-order valence-corrected chi connectivity index (χ0v) is 15.6. The highest BCUT2D eigenvalue weighted by molar-refractivity contribution is 5.94. The van der Waals surface area contributed by atoms with Gasteiger partial charge >= 0.3 is 6.18 Å². The highest BCUT2D eigenvalue weighted by atomic mass is 35.5. The molecule has 27 heavy (non-hydrogen) atoms. The highest BCUT2D eigenvalue weighted by Gasteiger charge is 2.31. The molecule has 150 valence electrons. The Morgan fingerprint density at radius 2 is 1.63 bits per heavy atom. The Morgan fingerprint density at radius 3 is 2.15 bits per heavy atom. The van der Waals surface area contributed by atoms with E-state index in [1.165, 1.54) is 12.1 Å². The van der Waals surface area contributed by atoms with Crippen LogP contribution in [0.25, 0.3) is 0 Å². The number of benzene rings is 1.